The number of carbonyl (C=O) groups is 13. The van der Waals surface area contributed by atoms with E-state index < -0.39 is 167 Å². The van der Waals surface area contributed by atoms with E-state index in [1.54, 1.807) is 83.8 Å². The molecule has 0 spiro atoms. The van der Waals surface area contributed by atoms with E-state index in [0.717, 1.165) is 33.4 Å². The molecule has 0 saturated carbocycles. The first kappa shape index (κ1) is 107. The molecular weight excluding hydrogens is 1900 g/mol. The standard InChI is InChI=1S/C109H132IN17O14/c1-12-71(9)96(106(140)123-86(54-68(4)5)97(131)112-11)124-104(138)92(62-82-65-126(67-114-82)109(78-44-30-19-31-45-78,79-46-32-20-33-47-79)80-48-34-21-35-49-80)120-98(132)84(13-2)116-99(133)87(55-69(6)7)118-100(134)88(57-72(10)128)119-102(136)90(60-74-50-51-94(129)83(110)58-74)122-105(139)93-56-70(8)63-127(93)107(141)85(14-3)117-103(137)91(121-101(135)89(115-95(130)52-53-111)59-73-36-22-15-23-37-73)61-81-64-125(66-113-81)108(75-38-24-16-25-39-75,76-40-26-17-27-41-76)77-42-28-18-29-43-77/h15-51,58,64-71,84-93,96,129H,12-14,52-57,59-63,111H2,1-11H3,(H,112,131)(H,115,130)(H,116,133)(H,117,137)(H,118,134)(H,119,136)(H,120,132)(H,121,135)(H,122,139)(H,123,140)(H,124,138)/t70?,71?,84-,85-,86-,87-,88-,89-,90-,91-,92-,93-,96-/m0/s1. The number of nitrogens with zero attached hydrogens (tertiary/aromatic N) is 5. The minimum atomic E-state index is -1.71. The number of likely N-dealkylation sites (tertiary alicyclic amines) is 1. The van der Waals surface area contributed by atoms with E-state index >= 15 is 43.2 Å². The van der Waals surface area contributed by atoms with Crippen molar-refractivity contribution in [3.8, 4) is 5.75 Å². The van der Waals surface area contributed by atoms with Gasteiger partial charge in [0.2, 0.25) is 70.9 Å². The van der Waals surface area contributed by atoms with Gasteiger partial charge in [-0.2, -0.15) is 0 Å². The van der Waals surface area contributed by atoms with E-state index in [9.17, 15) is 24.3 Å². The second-order valence-electron chi connectivity index (χ2n) is 37.2. The number of phenols is 1. The summed E-state index contributed by atoms with van der Waals surface area (Å²) in [5, 5.41) is 41.7. The van der Waals surface area contributed by atoms with Crippen LogP contribution in [0, 0.1) is 27.2 Å². The van der Waals surface area contributed by atoms with Crippen LogP contribution in [0.15, 0.2) is 256 Å². The minimum absolute atomic E-state index is 0.00801. The number of phenolic OH excluding ortho intramolecular Hbond substituents is 1. The number of nitrogens with two attached hydrogens (primary N) is 1. The molecule has 12 amide bonds. The average Bonchev–Trinajstić information content (AvgIpc) is 1.71. The molecule has 0 bridgehead atoms. The molecule has 1 saturated heterocycles. The molecule has 3 heterocycles. The summed E-state index contributed by atoms with van der Waals surface area (Å²) in [5.74, 6) is -10.9. The fraction of sp³-hybridized carbons (Fsp3) is 0.385. The molecule has 31 nitrogen and oxygen atoms in total. The largest absolute Gasteiger partial charge is 0.507 e. The molecule has 10 aromatic rings. The summed E-state index contributed by atoms with van der Waals surface area (Å²) in [5.41, 5.74) is 10.9. The number of aromatic nitrogens is 4. The number of hydrogen-bond acceptors (Lipinski definition) is 17. The van der Waals surface area contributed by atoms with Crippen molar-refractivity contribution in [2.45, 2.75) is 224 Å². The molecule has 0 aliphatic carbocycles. The van der Waals surface area contributed by atoms with Gasteiger partial charge in [-0.25, -0.2) is 9.97 Å². The Morgan fingerprint density at radius 2 is 0.787 bits per heavy atom. The van der Waals surface area contributed by atoms with Gasteiger partial charge in [0, 0.05) is 71.1 Å². The molecule has 14 N–H and O–H groups in total. The molecule has 11 rings (SSSR count). The monoisotopic (exact) mass is 2030 g/mol. The van der Waals surface area contributed by atoms with Crippen molar-refractivity contribution >= 4 is 99.3 Å². The van der Waals surface area contributed by atoms with Crippen molar-refractivity contribution in [1.82, 2.24) is 82.5 Å². The number of nitrogens with one attached hydrogen (secondary N) is 11. The van der Waals surface area contributed by atoms with E-state index in [0.29, 0.717) is 32.5 Å². The first-order valence-corrected chi connectivity index (χ1v) is 49.5. The number of rotatable bonds is 49. The smallest absolute Gasteiger partial charge is 0.245 e. The fourth-order valence-electron chi connectivity index (χ4n) is 18.3. The SMILES string of the molecule is CCC(C)[C@H](NC(=O)[C@H](Cc1cn(C(c2ccccc2)(c2ccccc2)c2ccccc2)cn1)NC(=O)[C@H](CC)NC(=O)[C@H](CC(C)C)NC(=O)[C@H](CC(C)=O)NC(=O)[C@H](Cc1ccc(O)c(I)c1)NC(=O)[C@@H]1CC(C)CN1C(=O)[C@H](CC)NC(=O)[C@H](Cc1cn(C(c2ccccc2)(c2ccccc2)c2ccccc2)cn1)NC(=O)[C@H](Cc1ccccc1)NC(=O)CCN)C(=O)N[C@@H](CC(C)C)C(=O)NC. The predicted molar refractivity (Wildman–Crippen MR) is 546 cm³/mol. The highest BCUT2D eigenvalue weighted by Crippen LogP contribution is 2.43. The minimum Gasteiger partial charge on any atom is -0.507 e. The van der Waals surface area contributed by atoms with Crippen LogP contribution >= 0.6 is 22.6 Å². The number of likely N-dealkylation sites (N-methyl/N-ethyl adjacent to an activating group) is 1. The van der Waals surface area contributed by atoms with Crippen LogP contribution in [0.5, 0.6) is 5.75 Å². The Kier molecular flexibility index (Phi) is 39.0. The number of carbonyl (C=O) groups excluding carboxylic acids is 13. The summed E-state index contributed by atoms with van der Waals surface area (Å²) in [6.07, 6.45) is 6.06. The van der Waals surface area contributed by atoms with Gasteiger partial charge < -0.3 is 83.4 Å². The summed E-state index contributed by atoms with van der Waals surface area (Å²) < 4.78 is 4.29. The number of Topliss-reactive ketones (excluding diaryl/α,β-unsaturated/α-hetero) is 1. The summed E-state index contributed by atoms with van der Waals surface area (Å²) >= 11 is 1.91. The maximum absolute atomic E-state index is 15.5. The van der Waals surface area contributed by atoms with Crippen molar-refractivity contribution < 1.29 is 67.4 Å². The number of aromatic hydroxyl groups is 1. The van der Waals surface area contributed by atoms with Gasteiger partial charge in [-0.15, -0.1) is 0 Å². The molecule has 141 heavy (non-hydrogen) atoms. The highest BCUT2D eigenvalue weighted by atomic mass is 127. The van der Waals surface area contributed by atoms with Crippen LogP contribution in [0.3, 0.4) is 0 Å². The van der Waals surface area contributed by atoms with Crippen molar-refractivity contribution in [3.63, 3.8) is 0 Å². The topological polar surface area (TPSA) is 439 Å². The normalized spacial score (nSPS) is 15.5. The Morgan fingerprint density at radius 3 is 1.20 bits per heavy atom. The van der Waals surface area contributed by atoms with E-state index in [-0.39, 0.29) is 101 Å². The molecule has 2 unspecified atom stereocenters. The fourth-order valence-corrected chi connectivity index (χ4v) is 18.9. The lowest BCUT2D eigenvalue weighted by Gasteiger charge is -2.37. The van der Waals surface area contributed by atoms with Crippen LogP contribution in [0.25, 0.3) is 0 Å². The second-order valence-corrected chi connectivity index (χ2v) is 38.4. The van der Waals surface area contributed by atoms with Gasteiger partial charge in [0.1, 0.15) is 89.1 Å². The Balaban J connectivity index is 0.845. The first-order chi connectivity index (χ1) is 67.7. The molecule has 8 aromatic carbocycles. The number of hydrogen-bond donors (Lipinski definition) is 13. The third kappa shape index (κ3) is 27.8. The van der Waals surface area contributed by atoms with Crippen LogP contribution < -0.4 is 64.2 Å². The highest BCUT2D eigenvalue weighted by molar-refractivity contribution is 14.1. The third-order valence-corrected chi connectivity index (χ3v) is 26.5. The quantitative estimate of drug-likeness (QED) is 0.0125. The van der Waals surface area contributed by atoms with Gasteiger partial charge in [0.15, 0.2) is 0 Å². The van der Waals surface area contributed by atoms with Gasteiger partial charge in [-0.3, -0.25) is 62.3 Å². The lowest BCUT2D eigenvalue weighted by molar-refractivity contribution is -0.142. The lowest BCUT2D eigenvalue weighted by Crippen LogP contribution is -2.61. The zero-order valence-electron chi connectivity index (χ0n) is 81.8. The number of benzene rings is 8. The van der Waals surface area contributed by atoms with Gasteiger partial charge >= 0.3 is 0 Å². The Labute approximate surface area is 838 Å². The zero-order valence-corrected chi connectivity index (χ0v) is 83.9. The third-order valence-electron chi connectivity index (χ3n) is 25.7. The molecule has 2 aromatic heterocycles. The Bertz CT molecular complexity index is 5710. The molecule has 13 atom stereocenters. The first-order valence-electron chi connectivity index (χ1n) is 48.4. The lowest BCUT2D eigenvalue weighted by atomic mass is 9.77. The van der Waals surface area contributed by atoms with Gasteiger partial charge in [-0.1, -0.05) is 287 Å². The zero-order chi connectivity index (χ0) is 102. The van der Waals surface area contributed by atoms with Crippen LogP contribution in [-0.2, 0) is 99.1 Å². The van der Waals surface area contributed by atoms with Crippen LogP contribution in [0.1, 0.15) is 176 Å². The predicted octanol–water partition coefficient (Wildman–Crippen LogP) is 9.46. The van der Waals surface area contributed by atoms with Crippen molar-refractivity contribution in [2.24, 2.45) is 29.4 Å². The molecular formula is C109H132IN17O14. The summed E-state index contributed by atoms with van der Waals surface area (Å²) in [4.78, 5) is 204. The molecule has 1 aliphatic rings. The summed E-state index contributed by atoms with van der Waals surface area (Å²) in [6.45, 7) is 17.3. The molecule has 744 valence electrons. The van der Waals surface area contributed by atoms with Crippen LogP contribution in [-0.4, -0.2) is 192 Å². The van der Waals surface area contributed by atoms with Crippen LogP contribution in [0.4, 0.5) is 0 Å². The number of amides is 12. The van der Waals surface area contributed by atoms with E-state index in [4.69, 9.17) is 15.7 Å². The molecule has 1 fully saturated rings. The molecule has 32 heteroatoms. The van der Waals surface area contributed by atoms with Gasteiger partial charge in [-0.05, 0) is 142 Å². The number of ketones is 1. The van der Waals surface area contributed by atoms with E-state index in [1.807, 2.05) is 254 Å². The van der Waals surface area contributed by atoms with E-state index in [2.05, 4.69) is 58.5 Å². The number of halogens is 1. The second kappa shape index (κ2) is 51.2. The van der Waals surface area contributed by atoms with Gasteiger partial charge in [0.25, 0.3) is 0 Å². The Hall–Kier alpha value is -14.0. The van der Waals surface area contributed by atoms with Gasteiger partial charge in [0.05, 0.1) is 27.6 Å². The maximum atomic E-state index is 15.5. The van der Waals surface area contributed by atoms with Crippen LogP contribution in [0.2, 0.25) is 0 Å². The molecule has 1 aliphatic heterocycles. The maximum Gasteiger partial charge on any atom is 0.245 e. The molecule has 0 radical (unpaired) electrons. The Morgan fingerprint density at radius 1 is 0.426 bits per heavy atom. The van der Waals surface area contributed by atoms with E-state index in [1.165, 1.54) is 31.0 Å². The van der Waals surface area contributed by atoms with Crippen molar-refractivity contribution in [3.05, 3.63) is 315 Å². The highest BCUT2D eigenvalue weighted by Gasteiger charge is 2.46. The average molecular weight is 2030 g/mol. The number of imidazole rings is 2. The van der Waals surface area contributed by atoms with Crippen molar-refractivity contribution in [1.29, 1.82) is 0 Å². The summed E-state index contributed by atoms with van der Waals surface area (Å²) in [7, 11) is 1.46. The van der Waals surface area contributed by atoms with Crippen molar-refractivity contribution in [2.75, 3.05) is 20.1 Å². The summed E-state index contributed by atoms with van der Waals surface area (Å²) in [6, 6.07) is 57.4.